The molecule has 0 amide bonds. The van der Waals surface area contributed by atoms with Crippen LogP contribution >= 0.6 is 11.8 Å². The molecule has 0 aliphatic heterocycles. The molecule has 5 heteroatoms. The Hall–Kier alpha value is -1.30. The molecule has 0 saturated carbocycles. The van der Waals surface area contributed by atoms with E-state index in [2.05, 4.69) is 39.1 Å². The summed E-state index contributed by atoms with van der Waals surface area (Å²) >= 11 is 1.91. The molecule has 0 fully saturated rings. The fraction of sp³-hybridized carbons (Fsp3) is 0.438. The van der Waals surface area contributed by atoms with Gasteiger partial charge in [-0.05, 0) is 29.9 Å². The van der Waals surface area contributed by atoms with Crippen molar-refractivity contribution in [3.8, 4) is 0 Å². The first kappa shape index (κ1) is 16.1. The molecule has 2 aromatic rings. The molecule has 0 spiro atoms. The van der Waals surface area contributed by atoms with Gasteiger partial charge in [0.2, 0.25) is 0 Å². The lowest BCUT2D eigenvalue weighted by molar-refractivity contribution is 0.199. The number of aryl methyl sites for hydroxylation is 1. The third kappa shape index (κ3) is 6.33. The lowest BCUT2D eigenvalue weighted by atomic mass is 10.2. The van der Waals surface area contributed by atoms with E-state index in [1.54, 1.807) is 7.11 Å². The molecule has 1 aromatic carbocycles. The lowest BCUT2D eigenvalue weighted by Crippen LogP contribution is -2.18. The second kappa shape index (κ2) is 9.60. The number of methoxy groups -OCH3 is 1. The first-order valence-corrected chi connectivity index (χ1v) is 8.24. The van der Waals surface area contributed by atoms with Crippen LogP contribution in [0.25, 0.3) is 0 Å². The second-order valence-corrected chi connectivity index (χ2v) is 5.99. The highest BCUT2D eigenvalue weighted by Gasteiger charge is 1.98. The van der Waals surface area contributed by atoms with Gasteiger partial charge in [0.1, 0.15) is 0 Å². The quantitative estimate of drug-likeness (QED) is 0.541. The third-order valence-electron chi connectivity index (χ3n) is 3.10. The van der Waals surface area contributed by atoms with Crippen LogP contribution < -0.4 is 5.32 Å². The first-order valence-electron chi connectivity index (χ1n) is 7.25. The van der Waals surface area contributed by atoms with Crippen LogP contribution in [0.5, 0.6) is 0 Å². The predicted molar refractivity (Wildman–Crippen MR) is 87.6 cm³/mol. The summed E-state index contributed by atoms with van der Waals surface area (Å²) in [6.45, 7) is 3.57. The van der Waals surface area contributed by atoms with E-state index < -0.39 is 0 Å². The molecule has 0 saturated heterocycles. The Morgan fingerprint density at radius 2 is 2.33 bits per heavy atom. The van der Waals surface area contributed by atoms with Crippen molar-refractivity contribution in [3.05, 3.63) is 48.5 Å². The number of thioether (sulfide) groups is 1. The van der Waals surface area contributed by atoms with Crippen LogP contribution in [0.4, 0.5) is 0 Å². The number of hydrogen-bond acceptors (Lipinski definition) is 4. The van der Waals surface area contributed by atoms with Crippen molar-refractivity contribution >= 4 is 11.8 Å². The summed E-state index contributed by atoms with van der Waals surface area (Å²) in [6.07, 6.45) is 6.86. The molecule has 0 bridgehead atoms. The van der Waals surface area contributed by atoms with Gasteiger partial charge in [-0.1, -0.05) is 12.1 Å². The molecule has 0 unspecified atom stereocenters. The van der Waals surface area contributed by atoms with E-state index >= 15 is 0 Å². The Morgan fingerprint density at radius 3 is 3.14 bits per heavy atom. The number of nitrogens with zero attached hydrogens (tertiary/aromatic N) is 2. The Labute approximate surface area is 130 Å². The molecule has 1 aromatic heterocycles. The number of rotatable bonds is 10. The summed E-state index contributed by atoms with van der Waals surface area (Å²) in [5, 5.41) is 3.37. The number of hydrogen-bond donors (Lipinski definition) is 1. The minimum Gasteiger partial charge on any atom is -0.383 e. The zero-order chi connectivity index (χ0) is 14.8. The van der Waals surface area contributed by atoms with Gasteiger partial charge in [0.15, 0.2) is 0 Å². The average molecular weight is 305 g/mol. The molecule has 0 aliphatic carbocycles. The normalized spacial score (nSPS) is 10.9. The van der Waals surface area contributed by atoms with E-state index in [-0.39, 0.29) is 0 Å². The fourth-order valence-electron chi connectivity index (χ4n) is 2.01. The fourth-order valence-corrected chi connectivity index (χ4v) is 2.93. The molecule has 0 atom stereocenters. The second-order valence-electron chi connectivity index (χ2n) is 4.82. The Bertz CT molecular complexity index is 502. The number of aromatic nitrogens is 2. The molecule has 4 nitrogen and oxygen atoms in total. The van der Waals surface area contributed by atoms with Gasteiger partial charge in [-0.2, -0.15) is 0 Å². The maximum Gasteiger partial charge on any atom is 0.0945 e. The van der Waals surface area contributed by atoms with E-state index in [4.69, 9.17) is 4.74 Å². The highest BCUT2D eigenvalue weighted by atomic mass is 32.2. The molecule has 114 valence electrons. The molecule has 0 radical (unpaired) electrons. The summed E-state index contributed by atoms with van der Waals surface area (Å²) in [5.74, 6) is 1.12. The lowest BCUT2D eigenvalue weighted by Gasteiger charge is -2.07. The molecule has 1 heterocycles. The van der Waals surface area contributed by atoms with Crippen LogP contribution in [0.15, 0.2) is 47.9 Å². The van der Waals surface area contributed by atoms with Crippen molar-refractivity contribution in [2.45, 2.75) is 24.4 Å². The van der Waals surface area contributed by atoms with E-state index in [0.29, 0.717) is 0 Å². The largest absolute Gasteiger partial charge is 0.383 e. The summed E-state index contributed by atoms with van der Waals surface area (Å²) in [6, 6.07) is 8.74. The Morgan fingerprint density at radius 1 is 1.38 bits per heavy atom. The Kier molecular flexibility index (Phi) is 7.35. The zero-order valence-electron chi connectivity index (χ0n) is 12.5. The van der Waals surface area contributed by atoms with Crippen molar-refractivity contribution in [3.63, 3.8) is 0 Å². The minimum atomic E-state index is 0.753. The molecule has 21 heavy (non-hydrogen) atoms. The van der Waals surface area contributed by atoms with E-state index in [1.807, 2.05) is 30.5 Å². The van der Waals surface area contributed by atoms with Gasteiger partial charge in [0.05, 0.1) is 12.9 Å². The van der Waals surface area contributed by atoms with Crippen molar-refractivity contribution in [2.75, 3.05) is 26.0 Å². The van der Waals surface area contributed by atoms with Gasteiger partial charge in [-0.15, -0.1) is 11.8 Å². The molecule has 2 rings (SSSR count). The highest BCUT2D eigenvalue weighted by Crippen LogP contribution is 2.20. The summed E-state index contributed by atoms with van der Waals surface area (Å²) in [4.78, 5) is 5.39. The maximum atomic E-state index is 5.03. The smallest absolute Gasteiger partial charge is 0.0945 e. The van der Waals surface area contributed by atoms with E-state index in [9.17, 15) is 0 Å². The average Bonchev–Trinajstić information content (AvgIpc) is 3.02. The predicted octanol–water partition coefficient (Wildman–Crippen LogP) is 2.80. The van der Waals surface area contributed by atoms with E-state index in [0.717, 1.165) is 38.4 Å². The maximum absolute atomic E-state index is 5.03. The van der Waals surface area contributed by atoms with Crippen LogP contribution in [-0.4, -0.2) is 35.6 Å². The van der Waals surface area contributed by atoms with Gasteiger partial charge in [-0.25, -0.2) is 4.98 Å². The molecular formula is C16H23N3OS. The number of nitrogens with one attached hydrogen (secondary N) is 1. The van der Waals surface area contributed by atoms with Crippen LogP contribution in [0, 0.1) is 0 Å². The van der Waals surface area contributed by atoms with Crippen LogP contribution in [0.2, 0.25) is 0 Å². The summed E-state index contributed by atoms with van der Waals surface area (Å²) in [7, 11) is 1.72. The molecular weight excluding hydrogens is 282 g/mol. The van der Waals surface area contributed by atoms with Gasteiger partial charge >= 0.3 is 0 Å². The molecule has 0 aliphatic rings. The Balaban J connectivity index is 1.68. The van der Waals surface area contributed by atoms with Crippen molar-refractivity contribution < 1.29 is 4.74 Å². The first-order chi connectivity index (χ1) is 10.4. The monoisotopic (exact) mass is 305 g/mol. The van der Waals surface area contributed by atoms with Crippen LogP contribution in [0.1, 0.15) is 12.0 Å². The van der Waals surface area contributed by atoms with Gasteiger partial charge < -0.3 is 14.6 Å². The highest BCUT2D eigenvalue weighted by molar-refractivity contribution is 7.99. The van der Waals surface area contributed by atoms with Crippen molar-refractivity contribution in [1.29, 1.82) is 0 Å². The zero-order valence-corrected chi connectivity index (χ0v) is 13.3. The van der Waals surface area contributed by atoms with Crippen molar-refractivity contribution in [2.24, 2.45) is 0 Å². The summed E-state index contributed by atoms with van der Waals surface area (Å²) in [5.41, 5.74) is 1.32. The van der Waals surface area contributed by atoms with Gasteiger partial charge in [0, 0.05) is 44.0 Å². The number of benzene rings is 1. The molecule has 1 N–H and O–H groups in total. The van der Waals surface area contributed by atoms with Crippen molar-refractivity contribution in [1.82, 2.24) is 14.9 Å². The third-order valence-corrected chi connectivity index (χ3v) is 4.18. The summed E-state index contributed by atoms with van der Waals surface area (Å²) < 4.78 is 7.15. The topological polar surface area (TPSA) is 39.1 Å². The number of imidazole rings is 1. The van der Waals surface area contributed by atoms with Gasteiger partial charge in [-0.3, -0.25) is 0 Å². The number of ether oxygens (including phenoxy) is 1. The van der Waals surface area contributed by atoms with Gasteiger partial charge in [0.25, 0.3) is 0 Å². The van der Waals surface area contributed by atoms with Crippen LogP contribution in [-0.2, 0) is 17.8 Å². The standard InChI is InChI=1S/C16H23N3OS/c1-20-10-7-17-13-15-4-2-5-16(12-15)21-11-3-8-19-9-6-18-14-19/h2,4-6,9,12,14,17H,3,7-8,10-11,13H2,1H3. The minimum absolute atomic E-state index is 0.753. The van der Waals surface area contributed by atoms with E-state index in [1.165, 1.54) is 10.5 Å². The van der Waals surface area contributed by atoms with Crippen LogP contribution in [0.3, 0.4) is 0 Å². The SMILES string of the molecule is COCCNCc1cccc(SCCCn2ccnc2)c1.